The third-order valence-corrected chi connectivity index (χ3v) is 4.69. The zero-order valence-electron chi connectivity index (χ0n) is 16.4. The zero-order valence-corrected chi connectivity index (χ0v) is 16.4. The second-order valence-corrected chi connectivity index (χ2v) is 7.71. The summed E-state index contributed by atoms with van der Waals surface area (Å²) in [5.74, 6) is -2.07. The molecule has 3 aromatic rings. The molecule has 158 valence electrons. The van der Waals surface area contributed by atoms with Gasteiger partial charge in [-0.2, -0.15) is 0 Å². The average Bonchev–Trinajstić information content (AvgIpc) is 2.68. The van der Waals surface area contributed by atoms with Crippen LogP contribution in [0.5, 0.6) is 5.75 Å². The van der Waals surface area contributed by atoms with Crippen molar-refractivity contribution in [2.24, 2.45) is 5.41 Å². The van der Waals surface area contributed by atoms with Crippen molar-refractivity contribution in [1.29, 1.82) is 0 Å². The Labute approximate surface area is 170 Å². The standard InChI is InChI=1S/C21H19F4N3O2/c1-19(2,3)20(29,15-10-26-12-27-11-15)18-7-5-14(9-28-18)13-4-6-17(16(22)8-13)30-21(23,24)25/h4-12,29H,1-3H3. The SMILES string of the molecule is CC(C)(C)C(O)(c1cncnc1)c1ccc(-c2ccc(OC(F)(F)F)c(F)c2)cn1. The van der Waals surface area contributed by atoms with Crippen LogP contribution in [0.15, 0.2) is 55.2 Å². The van der Waals surface area contributed by atoms with Crippen molar-refractivity contribution in [3.05, 3.63) is 72.3 Å². The molecule has 30 heavy (non-hydrogen) atoms. The van der Waals surface area contributed by atoms with Gasteiger partial charge >= 0.3 is 6.36 Å². The van der Waals surface area contributed by atoms with Crippen LogP contribution in [0.3, 0.4) is 0 Å². The van der Waals surface area contributed by atoms with E-state index >= 15 is 0 Å². The van der Waals surface area contributed by atoms with E-state index in [1.807, 2.05) is 20.8 Å². The molecule has 3 rings (SSSR count). The monoisotopic (exact) mass is 421 g/mol. The van der Waals surface area contributed by atoms with Crippen molar-refractivity contribution in [2.75, 3.05) is 0 Å². The van der Waals surface area contributed by atoms with Gasteiger partial charge in [0.25, 0.3) is 0 Å². The Morgan fingerprint density at radius 2 is 1.53 bits per heavy atom. The molecule has 0 fully saturated rings. The Hall–Kier alpha value is -3.07. The fraction of sp³-hybridized carbons (Fsp3) is 0.286. The van der Waals surface area contributed by atoms with E-state index in [4.69, 9.17) is 0 Å². The summed E-state index contributed by atoms with van der Waals surface area (Å²) in [4.78, 5) is 12.3. The highest BCUT2D eigenvalue weighted by Gasteiger charge is 2.45. The fourth-order valence-electron chi connectivity index (χ4n) is 3.12. The van der Waals surface area contributed by atoms with Gasteiger partial charge in [-0.05, 0) is 23.8 Å². The van der Waals surface area contributed by atoms with E-state index < -0.39 is 28.9 Å². The first-order valence-corrected chi connectivity index (χ1v) is 8.92. The van der Waals surface area contributed by atoms with Gasteiger partial charge in [0, 0.05) is 35.1 Å². The predicted molar refractivity (Wildman–Crippen MR) is 101 cm³/mol. The van der Waals surface area contributed by atoms with Gasteiger partial charge in [-0.3, -0.25) is 4.98 Å². The first-order valence-electron chi connectivity index (χ1n) is 8.92. The van der Waals surface area contributed by atoms with Gasteiger partial charge in [0.2, 0.25) is 0 Å². The molecule has 5 nitrogen and oxygen atoms in total. The molecule has 1 N–H and O–H groups in total. The Balaban J connectivity index is 1.97. The minimum absolute atomic E-state index is 0.309. The highest BCUT2D eigenvalue weighted by molar-refractivity contribution is 5.63. The molecule has 0 bridgehead atoms. The highest BCUT2D eigenvalue weighted by Crippen LogP contribution is 2.43. The molecular formula is C21H19F4N3O2. The number of hydrogen-bond acceptors (Lipinski definition) is 5. The summed E-state index contributed by atoms with van der Waals surface area (Å²) in [7, 11) is 0. The van der Waals surface area contributed by atoms with Crippen LogP contribution in [-0.4, -0.2) is 26.4 Å². The van der Waals surface area contributed by atoms with Gasteiger partial charge in [0.1, 0.15) is 11.9 Å². The number of nitrogens with zero attached hydrogens (tertiary/aromatic N) is 3. The van der Waals surface area contributed by atoms with Gasteiger partial charge in [-0.15, -0.1) is 13.2 Å². The minimum Gasteiger partial charge on any atom is -0.403 e. The maximum atomic E-state index is 14.0. The number of aliphatic hydroxyl groups is 1. The lowest BCUT2D eigenvalue weighted by Gasteiger charge is -2.39. The smallest absolute Gasteiger partial charge is 0.403 e. The summed E-state index contributed by atoms with van der Waals surface area (Å²) >= 11 is 0. The molecule has 0 saturated heterocycles. The molecule has 9 heteroatoms. The van der Waals surface area contributed by atoms with Crippen molar-refractivity contribution >= 4 is 0 Å². The lowest BCUT2D eigenvalue weighted by Crippen LogP contribution is -2.42. The van der Waals surface area contributed by atoms with Crippen LogP contribution in [0.25, 0.3) is 11.1 Å². The number of alkyl halides is 3. The maximum Gasteiger partial charge on any atom is 0.573 e. The molecule has 0 aliphatic carbocycles. The zero-order chi connectivity index (χ0) is 22.2. The summed E-state index contributed by atoms with van der Waals surface area (Å²) in [6.07, 6.45) is 0.786. The number of benzene rings is 1. The first-order chi connectivity index (χ1) is 13.9. The lowest BCUT2D eigenvalue weighted by molar-refractivity contribution is -0.275. The van der Waals surface area contributed by atoms with E-state index in [1.165, 1.54) is 31.0 Å². The van der Waals surface area contributed by atoms with Crippen LogP contribution in [0.1, 0.15) is 32.0 Å². The fourth-order valence-corrected chi connectivity index (χ4v) is 3.12. The van der Waals surface area contributed by atoms with Crippen LogP contribution >= 0.6 is 0 Å². The third kappa shape index (κ3) is 4.25. The number of ether oxygens (including phenoxy) is 1. The molecule has 0 spiro atoms. The number of halogens is 4. The Morgan fingerprint density at radius 1 is 0.900 bits per heavy atom. The molecule has 0 aliphatic rings. The summed E-state index contributed by atoms with van der Waals surface area (Å²) in [5, 5.41) is 11.5. The normalized spacial score (nSPS) is 14.3. The largest absolute Gasteiger partial charge is 0.573 e. The van der Waals surface area contributed by atoms with Gasteiger partial charge in [-0.1, -0.05) is 32.9 Å². The van der Waals surface area contributed by atoms with Crippen molar-refractivity contribution < 1.29 is 27.4 Å². The average molecular weight is 421 g/mol. The molecule has 2 aromatic heterocycles. The van der Waals surface area contributed by atoms with Gasteiger partial charge in [0.15, 0.2) is 11.6 Å². The molecule has 2 heterocycles. The van der Waals surface area contributed by atoms with Crippen LogP contribution in [0.2, 0.25) is 0 Å². The molecule has 0 radical (unpaired) electrons. The van der Waals surface area contributed by atoms with Crippen molar-refractivity contribution in [2.45, 2.75) is 32.7 Å². The number of aromatic nitrogens is 3. The Morgan fingerprint density at radius 3 is 2.03 bits per heavy atom. The van der Waals surface area contributed by atoms with E-state index in [0.29, 0.717) is 22.4 Å². The number of rotatable bonds is 4. The van der Waals surface area contributed by atoms with Gasteiger partial charge < -0.3 is 9.84 Å². The lowest BCUT2D eigenvalue weighted by atomic mass is 9.70. The van der Waals surface area contributed by atoms with E-state index in [1.54, 1.807) is 12.1 Å². The van der Waals surface area contributed by atoms with Gasteiger partial charge in [-0.25, -0.2) is 14.4 Å². The second kappa shape index (κ2) is 7.64. The van der Waals surface area contributed by atoms with Crippen LogP contribution in [-0.2, 0) is 5.60 Å². The second-order valence-electron chi connectivity index (χ2n) is 7.71. The predicted octanol–water partition coefficient (Wildman–Crippen LogP) is 4.86. The summed E-state index contributed by atoms with van der Waals surface area (Å²) < 4.78 is 54.6. The molecule has 0 saturated carbocycles. The van der Waals surface area contributed by atoms with E-state index in [2.05, 4.69) is 19.7 Å². The van der Waals surface area contributed by atoms with Crippen LogP contribution < -0.4 is 4.74 Å². The molecule has 1 atom stereocenters. The quantitative estimate of drug-likeness (QED) is 0.610. The van der Waals surface area contributed by atoms with Crippen molar-refractivity contribution in [1.82, 2.24) is 15.0 Å². The Kier molecular flexibility index (Phi) is 5.51. The highest BCUT2D eigenvalue weighted by atomic mass is 19.4. The van der Waals surface area contributed by atoms with Crippen molar-refractivity contribution in [3.63, 3.8) is 0 Å². The van der Waals surface area contributed by atoms with Crippen LogP contribution in [0, 0.1) is 11.2 Å². The van der Waals surface area contributed by atoms with E-state index in [0.717, 1.165) is 12.1 Å². The van der Waals surface area contributed by atoms with Crippen LogP contribution in [0.4, 0.5) is 17.6 Å². The summed E-state index contributed by atoms with van der Waals surface area (Å²) in [6.45, 7) is 5.51. The van der Waals surface area contributed by atoms with Crippen molar-refractivity contribution in [3.8, 4) is 16.9 Å². The Bertz CT molecular complexity index is 1020. The van der Waals surface area contributed by atoms with E-state index in [-0.39, 0.29) is 0 Å². The number of pyridine rings is 1. The maximum absolute atomic E-state index is 14.0. The number of hydrogen-bond donors (Lipinski definition) is 1. The topological polar surface area (TPSA) is 68.1 Å². The third-order valence-electron chi connectivity index (χ3n) is 4.69. The minimum atomic E-state index is -4.98. The van der Waals surface area contributed by atoms with Gasteiger partial charge in [0.05, 0.1) is 5.69 Å². The molecule has 1 unspecified atom stereocenters. The van der Waals surface area contributed by atoms with E-state index in [9.17, 15) is 22.7 Å². The molecule has 1 aromatic carbocycles. The summed E-state index contributed by atoms with van der Waals surface area (Å²) in [6, 6.07) is 6.30. The molecular weight excluding hydrogens is 402 g/mol. The first kappa shape index (κ1) is 21.6. The molecule has 0 aliphatic heterocycles. The summed E-state index contributed by atoms with van der Waals surface area (Å²) in [5.41, 5.74) is -0.638. The molecule has 0 amide bonds.